The summed E-state index contributed by atoms with van der Waals surface area (Å²) in [5.41, 5.74) is 3.53. The number of halogens is 2. The van der Waals surface area contributed by atoms with Crippen LogP contribution in [0, 0.1) is 25.5 Å². The molecule has 0 spiro atoms. The number of nitrogens with one attached hydrogen (secondary N) is 1. The summed E-state index contributed by atoms with van der Waals surface area (Å²) in [6, 6.07) is 18.8. The van der Waals surface area contributed by atoms with Crippen molar-refractivity contribution in [2.75, 3.05) is 5.32 Å². The zero-order chi connectivity index (χ0) is 19.4. The Morgan fingerprint density at radius 3 is 2.37 bits per heavy atom. The van der Waals surface area contributed by atoms with Gasteiger partial charge in [-0.25, -0.2) is 8.78 Å². The van der Waals surface area contributed by atoms with Crippen LogP contribution in [0.3, 0.4) is 0 Å². The topological polar surface area (TPSA) is 29.1 Å². The van der Waals surface area contributed by atoms with E-state index >= 15 is 0 Å². The number of hydrogen-bond acceptors (Lipinski definition) is 2. The molecule has 5 heteroatoms. The average molecular weight is 383 g/mol. The summed E-state index contributed by atoms with van der Waals surface area (Å²) in [6.45, 7) is 3.88. The highest BCUT2D eigenvalue weighted by Gasteiger charge is 2.23. The zero-order valence-electron chi connectivity index (χ0n) is 15.0. The van der Waals surface area contributed by atoms with Gasteiger partial charge in [0.1, 0.15) is 5.25 Å². The first kappa shape index (κ1) is 19.1. The van der Waals surface area contributed by atoms with E-state index in [4.69, 9.17) is 0 Å². The van der Waals surface area contributed by atoms with Crippen molar-refractivity contribution in [2.24, 2.45) is 0 Å². The van der Waals surface area contributed by atoms with Crippen molar-refractivity contribution < 1.29 is 13.6 Å². The predicted octanol–water partition coefficient (Wildman–Crippen LogP) is 6.05. The minimum atomic E-state index is -0.929. The minimum Gasteiger partial charge on any atom is -0.325 e. The van der Waals surface area contributed by atoms with Crippen LogP contribution in [-0.2, 0) is 4.79 Å². The Bertz CT molecular complexity index is 960. The van der Waals surface area contributed by atoms with Crippen LogP contribution in [0.15, 0.2) is 71.6 Å². The maximum atomic E-state index is 13.6. The van der Waals surface area contributed by atoms with E-state index in [-0.39, 0.29) is 5.91 Å². The molecule has 0 aliphatic carbocycles. The Labute approximate surface area is 161 Å². The predicted molar refractivity (Wildman–Crippen MR) is 106 cm³/mol. The van der Waals surface area contributed by atoms with E-state index in [0.29, 0.717) is 4.90 Å². The van der Waals surface area contributed by atoms with Gasteiger partial charge in [0.15, 0.2) is 11.6 Å². The van der Waals surface area contributed by atoms with Crippen molar-refractivity contribution in [2.45, 2.75) is 24.0 Å². The van der Waals surface area contributed by atoms with E-state index < -0.39 is 16.9 Å². The molecule has 0 saturated carbocycles. The number of carbonyl (C=O) groups excluding carboxylic acids is 1. The van der Waals surface area contributed by atoms with Gasteiger partial charge >= 0.3 is 0 Å². The Balaban J connectivity index is 1.90. The second kappa shape index (κ2) is 8.35. The summed E-state index contributed by atoms with van der Waals surface area (Å²) >= 11 is 1.18. The Hall–Kier alpha value is -2.66. The lowest BCUT2D eigenvalue weighted by atomic mass is 10.1. The first-order chi connectivity index (χ1) is 12.9. The standard InChI is InChI=1S/C22H19F2NOS/c1-14-8-9-15(2)20(12-14)25-22(26)21(16-6-4-3-5-7-16)27-17-10-11-18(23)19(24)13-17/h3-13,21H,1-2H3,(H,25,26)/t21-/m1/s1. The highest BCUT2D eigenvalue weighted by molar-refractivity contribution is 8.00. The van der Waals surface area contributed by atoms with Gasteiger partial charge in [0, 0.05) is 10.6 Å². The van der Waals surface area contributed by atoms with Crippen LogP contribution >= 0.6 is 11.8 Å². The molecule has 1 amide bonds. The summed E-state index contributed by atoms with van der Waals surface area (Å²) in [5, 5.41) is 2.37. The van der Waals surface area contributed by atoms with E-state index in [1.54, 1.807) is 0 Å². The van der Waals surface area contributed by atoms with Crippen molar-refractivity contribution >= 4 is 23.4 Å². The van der Waals surface area contributed by atoms with Gasteiger partial charge in [0.2, 0.25) is 5.91 Å². The fraction of sp³-hybridized carbons (Fsp3) is 0.136. The molecule has 0 heterocycles. The smallest absolute Gasteiger partial charge is 0.242 e. The number of rotatable bonds is 5. The maximum Gasteiger partial charge on any atom is 0.242 e. The fourth-order valence-corrected chi connectivity index (χ4v) is 3.71. The van der Waals surface area contributed by atoms with Gasteiger partial charge in [0.25, 0.3) is 0 Å². The first-order valence-electron chi connectivity index (χ1n) is 8.49. The molecule has 0 unspecified atom stereocenters. The van der Waals surface area contributed by atoms with Gasteiger partial charge in [-0.2, -0.15) is 0 Å². The van der Waals surface area contributed by atoms with E-state index in [0.717, 1.165) is 34.5 Å². The second-order valence-electron chi connectivity index (χ2n) is 6.29. The summed E-state index contributed by atoms with van der Waals surface area (Å²) in [7, 11) is 0. The summed E-state index contributed by atoms with van der Waals surface area (Å²) in [5.74, 6) is -2.05. The van der Waals surface area contributed by atoms with Crippen LogP contribution in [-0.4, -0.2) is 5.91 Å². The van der Waals surface area contributed by atoms with Gasteiger partial charge in [-0.05, 0) is 54.8 Å². The van der Waals surface area contributed by atoms with Gasteiger partial charge < -0.3 is 5.32 Å². The molecule has 138 valence electrons. The van der Waals surface area contributed by atoms with E-state index in [1.165, 1.54) is 17.8 Å². The van der Waals surface area contributed by atoms with Crippen molar-refractivity contribution in [1.82, 2.24) is 0 Å². The molecular weight excluding hydrogens is 364 g/mol. The van der Waals surface area contributed by atoms with Crippen molar-refractivity contribution in [3.05, 3.63) is 95.1 Å². The van der Waals surface area contributed by atoms with Crippen LogP contribution in [0.4, 0.5) is 14.5 Å². The van der Waals surface area contributed by atoms with E-state index in [9.17, 15) is 13.6 Å². The molecule has 0 radical (unpaired) electrons. The molecule has 0 aromatic heterocycles. The summed E-state index contributed by atoms with van der Waals surface area (Å²) < 4.78 is 26.8. The zero-order valence-corrected chi connectivity index (χ0v) is 15.8. The third-order valence-electron chi connectivity index (χ3n) is 4.14. The molecule has 3 aromatic carbocycles. The fourth-order valence-electron chi connectivity index (χ4n) is 2.66. The second-order valence-corrected chi connectivity index (χ2v) is 7.47. The number of carbonyl (C=O) groups is 1. The molecule has 0 saturated heterocycles. The lowest BCUT2D eigenvalue weighted by Crippen LogP contribution is -2.19. The van der Waals surface area contributed by atoms with Crippen molar-refractivity contribution in [1.29, 1.82) is 0 Å². The number of amides is 1. The normalized spacial score (nSPS) is 11.9. The third-order valence-corrected chi connectivity index (χ3v) is 5.38. The maximum absolute atomic E-state index is 13.6. The quantitative estimate of drug-likeness (QED) is 0.543. The first-order valence-corrected chi connectivity index (χ1v) is 9.37. The van der Waals surface area contributed by atoms with Crippen LogP contribution in [0.2, 0.25) is 0 Å². The van der Waals surface area contributed by atoms with Gasteiger partial charge in [-0.1, -0.05) is 42.5 Å². The molecule has 1 atom stereocenters. The average Bonchev–Trinajstić information content (AvgIpc) is 2.66. The van der Waals surface area contributed by atoms with Crippen molar-refractivity contribution in [3.63, 3.8) is 0 Å². The lowest BCUT2D eigenvalue weighted by Gasteiger charge is -2.18. The number of benzene rings is 3. The largest absolute Gasteiger partial charge is 0.325 e. The summed E-state index contributed by atoms with van der Waals surface area (Å²) in [4.78, 5) is 13.5. The summed E-state index contributed by atoms with van der Waals surface area (Å²) in [6.07, 6.45) is 0. The van der Waals surface area contributed by atoms with Crippen LogP contribution in [0.5, 0.6) is 0 Å². The monoisotopic (exact) mass is 383 g/mol. The highest BCUT2D eigenvalue weighted by Crippen LogP contribution is 2.37. The van der Waals surface area contributed by atoms with E-state index in [2.05, 4.69) is 5.32 Å². The van der Waals surface area contributed by atoms with Gasteiger partial charge in [-0.3, -0.25) is 4.79 Å². The highest BCUT2D eigenvalue weighted by atomic mass is 32.2. The molecule has 0 aliphatic heterocycles. The lowest BCUT2D eigenvalue weighted by molar-refractivity contribution is -0.115. The Morgan fingerprint density at radius 1 is 0.926 bits per heavy atom. The molecule has 0 fully saturated rings. The Kier molecular flexibility index (Phi) is 5.91. The Morgan fingerprint density at radius 2 is 1.67 bits per heavy atom. The molecule has 3 aromatic rings. The minimum absolute atomic E-state index is 0.218. The number of anilines is 1. The number of hydrogen-bond donors (Lipinski definition) is 1. The molecule has 1 N–H and O–H groups in total. The van der Waals surface area contributed by atoms with E-state index in [1.807, 2.05) is 62.4 Å². The molecule has 0 bridgehead atoms. The van der Waals surface area contributed by atoms with Crippen molar-refractivity contribution in [3.8, 4) is 0 Å². The van der Waals surface area contributed by atoms with Gasteiger partial charge in [-0.15, -0.1) is 11.8 Å². The molecule has 27 heavy (non-hydrogen) atoms. The number of thioether (sulfide) groups is 1. The molecule has 2 nitrogen and oxygen atoms in total. The third kappa shape index (κ3) is 4.74. The molecular formula is C22H19F2NOS. The van der Waals surface area contributed by atoms with Gasteiger partial charge in [0.05, 0.1) is 0 Å². The number of aryl methyl sites for hydroxylation is 2. The molecule has 3 rings (SSSR count). The van der Waals surface area contributed by atoms with Crippen LogP contribution in [0.25, 0.3) is 0 Å². The van der Waals surface area contributed by atoms with Crippen LogP contribution in [0.1, 0.15) is 21.9 Å². The van der Waals surface area contributed by atoms with Crippen LogP contribution < -0.4 is 5.32 Å². The molecule has 0 aliphatic rings. The SMILES string of the molecule is Cc1ccc(C)c(NC(=O)[C@H](Sc2ccc(F)c(F)c2)c2ccccc2)c1.